The highest BCUT2D eigenvalue weighted by atomic mass is 16.5. The highest BCUT2D eigenvalue weighted by Gasteiger charge is 2.17. The molecule has 1 rings (SSSR count). The van der Waals surface area contributed by atoms with Crippen molar-refractivity contribution in [2.24, 2.45) is 5.73 Å². The van der Waals surface area contributed by atoms with E-state index in [2.05, 4.69) is 24.1 Å². The Morgan fingerprint density at radius 3 is 2.65 bits per heavy atom. The topological polar surface area (TPSA) is 67.6 Å². The number of methoxy groups -OCH3 is 1. The Morgan fingerprint density at radius 2 is 2.10 bits per heavy atom. The molecule has 0 saturated heterocycles. The molecule has 0 heterocycles. The third kappa shape index (κ3) is 4.83. The van der Waals surface area contributed by atoms with E-state index in [-0.39, 0.29) is 5.91 Å². The molecule has 5 nitrogen and oxygen atoms in total. The van der Waals surface area contributed by atoms with E-state index < -0.39 is 6.04 Å². The molecule has 0 bridgehead atoms. The Hall–Kier alpha value is -1.59. The molecule has 1 aromatic carbocycles. The average molecular weight is 279 g/mol. The van der Waals surface area contributed by atoms with E-state index in [0.717, 1.165) is 30.9 Å². The van der Waals surface area contributed by atoms with E-state index in [4.69, 9.17) is 10.5 Å². The molecule has 1 aromatic rings. The molecular formula is C15H25N3O2. The van der Waals surface area contributed by atoms with Gasteiger partial charge in [0, 0.05) is 13.1 Å². The van der Waals surface area contributed by atoms with Gasteiger partial charge < -0.3 is 20.7 Å². The molecule has 0 spiro atoms. The van der Waals surface area contributed by atoms with Crippen LogP contribution in [-0.2, 0) is 4.79 Å². The zero-order valence-corrected chi connectivity index (χ0v) is 12.6. The van der Waals surface area contributed by atoms with Gasteiger partial charge >= 0.3 is 0 Å². The fourth-order valence-corrected chi connectivity index (χ4v) is 2.11. The first kappa shape index (κ1) is 16.5. The Bertz CT molecular complexity index is 419. The van der Waals surface area contributed by atoms with Crippen molar-refractivity contribution in [2.75, 3.05) is 33.3 Å². The number of carbonyl (C=O) groups excluding carboxylic acids is 1. The van der Waals surface area contributed by atoms with Gasteiger partial charge in [-0.3, -0.25) is 4.79 Å². The monoisotopic (exact) mass is 279 g/mol. The molecule has 0 fully saturated rings. The van der Waals surface area contributed by atoms with Crippen molar-refractivity contribution < 1.29 is 9.53 Å². The van der Waals surface area contributed by atoms with Crippen LogP contribution in [0.15, 0.2) is 24.3 Å². The van der Waals surface area contributed by atoms with Gasteiger partial charge in [0.25, 0.3) is 0 Å². The number of primary amides is 1. The van der Waals surface area contributed by atoms with Gasteiger partial charge in [-0.1, -0.05) is 26.0 Å². The minimum absolute atomic E-state index is 0.377. The molecular weight excluding hydrogens is 254 g/mol. The van der Waals surface area contributed by atoms with Crippen molar-refractivity contribution in [1.29, 1.82) is 0 Å². The summed E-state index contributed by atoms with van der Waals surface area (Å²) in [6, 6.07) is 6.93. The summed E-state index contributed by atoms with van der Waals surface area (Å²) in [6.07, 6.45) is 0. The van der Waals surface area contributed by atoms with Crippen LogP contribution in [0.25, 0.3) is 0 Å². The van der Waals surface area contributed by atoms with E-state index in [1.807, 2.05) is 24.3 Å². The second-order valence-electron chi connectivity index (χ2n) is 4.59. The minimum Gasteiger partial charge on any atom is -0.497 e. The lowest BCUT2D eigenvalue weighted by Gasteiger charge is -2.21. The number of benzene rings is 1. The lowest BCUT2D eigenvalue weighted by atomic mass is 10.1. The van der Waals surface area contributed by atoms with Gasteiger partial charge in [-0.2, -0.15) is 0 Å². The van der Waals surface area contributed by atoms with Crippen LogP contribution in [0.1, 0.15) is 25.5 Å². The van der Waals surface area contributed by atoms with Crippen molar-refractivity contribution in [3.05, 3.63) is 29.8 Å². The maximum absolute atomic E-state index is 11.6. The standard InChI is InChI=1S/C15H25N3O2/c1-4-18(5-2)10-9-17-14(15(16)19)12-7-6-8-13(11-12)20-3/h6-8,11,14,17H,4-5,9-10H2,1-3H3,(H2,16,19). The molecule has 3 N–H and O–H groups in total. The van der Waals surface area contributed by atoms with Crippen molar-refractivity contribution in [3.8, 4) is 5.75 Å². The van der Waals surface area contributed by atoms with Crippen LogP contribution in [0.4, 0.5) is 0 Å². The maximum atomic E-state index is 11.6. The number of hydrogen-bond donors (Lipinski definition) is 2. The summed E-state index contributed by atoms with van der Waals surface area (Å²) in [5.74, 6) is 0.345. The highest BCUT2D eigenvalue weighted by molar-refractivity contribution is 5.81. The van der Waals surface area contributed by atoms with Gasteiger partial charge in [-0.05, 0) is 30.8 Å². The van der Waals surface area contributed by atoms with Gasteiger partial charge in [0.05, 0.1) is 7.11 Å². The molecule has 0 aromatic heterocycles. The summed E-state index contributed by atoms with van der Waals surface area (Å²) in [5, 5.41) is 3.21. The predicted octanol–water partition coefficient (Wildman–Crippen LogP) is 1.15. The second-order valence-corrected chi connectivity index (χ2v) is 4.59. The van der Waals surface area contributed by atoms with Gasteiger partial charge in [0.15, 0.2) is 0 Å². The predicted molar refractivity (Wildman–Crippen MR) is 80.7 cm³/mol. The van der Waals surface area contributed by atoms with Crippen LogP contribution < -0.4 is 15.8 Å². The van der Waals surface area contributed by atoms with E-state index in [0.29, 0.717) is 6.54 Å². The van der Waals surface area contributed by atoms with Gasteiger partial charge in [-0.25, -0.2) is 0 Å². The molecule has 20 heavy (non-hydrogen) atoms. The Kier molecular flexibility index (Phi) is 7.04. The fraction of sp³-hybridized carbons (Fsp3) is 0.533. The molecule has 5 heteroatoms. The summed E-state index contributed by atoms with van der Waals surface area (Å²) in [4.78, 5) is 13.9. The molecule has 0 aliphatic rings. The van der Waals surface area contributed by atoms with Gasteiger partial charge in [0.2, 0.25) is 5.91 Å². The third-order valence-electron chi connectivity index (χ3n) is 3.38. The number of carbonyl (C=O) groups is 1. The highest BCUT2D eigenvalue weighted by Crippen LogP contribution is 2.18. The largest absolute Gasteiger partial charge is 0.497 e. The second kappa shape index (κ2) is 8.55. The first-order valence-corrected chi connectivity index (χ1v) is 7.01. The van der Waals surface area contributed by atoms with Crippen LogP contribution in [0.3, 0.4) is 0 Å². The van der Waals surface area contributed by atoms with Crippen LogP contribution in [0.2, 0.25) is 0 Å². The first-order valence-electron chi connectivity index (χ1n) is 7.01. The van der Waals surface area contributed by atoms with E-state index >= 15 is 0 Å². The fourth-order valence-electron chi connectivity index (χ4n) is 2.11. The summed E-state index contributed by atoms with van der Waals surface area (Å²) in [6.45, 7) is 7.85. The van der Waals surface area contributed by atoms with Crippen LogP contribution in [0, 0.1) is 0 Å². The van der Waals surface area contributed by atoms with Crippen molar-refractivity contribution in [1.82, 2.24) is 10.2 Å². The number of hydrogen-bond acceptors (Lipinski definition) is 4. The summed E-state index contributed by atoms with van der Waals surface area (Å²) >= 11 is 0. The molecule has 1 atom stereocenters. The normalized spacial score (nSPS) is 12.4. The number of rotatable bonds is 9. The molecule has 0 radical (unpaired) electrons. The number of nitrogens with zero attached hydrogens (tertiary/aromatic N) is 1. The van der Waals surface area contributed by atoms with Crippen molar-refractivity contribution in [3.63, 3.8) is 0 Å². The third-order valence-corrected chi connectivity index (χ3v) is 3.38. The number of nitrogens with one attached hydrogen (secondary N) is 1. The SMILES string of the molecule is CCN(CC)CCNC(C(N)=O)c1cccc(OC)c1. The van der Waals surface area contributed by atoms with Crippen molar-refractivity contribution in [2.45, 2.75) is 19.9 Å². The van der Waals surface area contributed by atoms with Gasteiger partial charge in [0.1, 0.15) is 11.8 Å². The zero-order valence-electron chi connectivity index (χ0n) is 12.6. The number of likely N-dealkylation sites (N-methyl/N-ethyl adjacent to an activating group) is 1. The van der Waals surface area contributed by atoms with Crippen LogP contribution >= 0.6 is 0 Å². The molecule has 112 valence electrons. The molecule has 0 aliphatic heterocycles. The minimum atomic E-state index is -0.485. The van der Waals surface area contributed by atoms with E-state index in [1.165, 1.54) is 0 Å². The Balaban J connectivity index is 2.67. The van der Waals surface area contributed by atoms with E-state index in [1.54, 1.807) is 7.11 Å². The first-order chi connectivity index (χ1) is 9.62. The van der Waals surface area contributed by atoms with Crippen LogP contribution in [-0.4, -0.2) is 44.1 Å². The molecule has 0 aliphatic carbocycles. The van der Waals surface area contributed by atoms with Crippen molar-refractivity contribution >= 4 is 5.91 Å². The Morgan fingerprint density at radius 1 is 1.40 bits per heavy atom. The van der Waals surface area contributed by atoms with Crippen LogP contribution in [0.5, 0.6) is 5.75 Å². The number of nitrogens with two attached hydrogens (primary N) is 1. The Labute approximate surface area is 121 Å². The summed E-state index contributed by atoms with van der Waals surface area (Å²) < 4.78 is 5.17. The molecule has 0 saturated carbocycles. The quantitative estimate of drug-likeness (QED) is 0.711. The lowest BCUT2D eigenvalue weighted by molar-refractivity contribution is -0.120. The average Bonchev–Trinajstić information content (AvgIpc) is 2.47. The summed E-state index contributed by atoms with van der Waals surface area (Å²) in [7, 11) is 1.60. The lowest BCUT2D eigenvalue weighted by Crippen LogP contribution is -2.38. The molecule has 1 unspecified atom stereocenters. The maximum Gasteiger partial charge on any atom is 0.239 e. The summed E-state index contributed by atoms with van der Waals surface area (Å²) in [5.41, 5.74) is 6.32. The number of amides is 1. The number of ether oxygens (including phenoxy) is 1. The zero-order chi connectivity index (χ0) is 15.0. The van der Waals surface area contributed by atoms with E-state index in [9.17, 15) is 4.79 Å². The van der Waals surface area contributed by atoms with Gasteiger partial charge in [-0.15, -0.1) is 0 Å². The molecule has 1 amide bonds. The smallest absolute Gasteiger partial charge is 0.239 e.